The van der Waals surface area contributed by atoms with Crippen molar-refractivity contribution in [1.29, 1.82) is 0 Å². The number of anilines is 1. The smallest absolute Gasteiger partial charge is 0.142 e. The summed E-state index contributed by atoms with van der Waals surface area (Å²) in [6.45, 7) is 6.74. The molecule has 20 heavy (non-hydrogen) atoms. The Morgan fingerprint density at radius 1 is 1.35 bits per heavy atom. The third-order valence-electron chi connectivity index (χ3n) is 3.75. The van der Waals surface area contributed by atoms with E-state index in [0.29, 0.717) is 12.5 Å². The molecule has 0 aromatic heterocycles. The molecule has 112 valence electrons. The number of piperidine rings is 1. The SMILES string of the molecule is CC(C)CCOc1ccc(F)cc1N1CCC(N)CC1. The van der Waals surface area contributed by atoms with Gasteiger partial charge in [0.15, 0.2) is 0 Å². The molecule has 1 aromatic carbocycles. The van der Waals surface area contributed by atoms with Gasteiger partial charge in [0.2, 0.25) is 0 Å². The van der Waals surface area contributed by atoms with Gasteiger partial charge in [-0.15, -0.1) is 0 Å². The van der Waals surface area contributed by atoms with Gasteiger partial charge in [0.1, 0.15) is 11.6 Å². The normalized spacial score (nSPS) is 16.8. The van der Waals surface area contributed by atoms with E-state index in [1.165, 1.54) is 6.07 Å². The van der Waals surface area contributed by atoms with Crippen LogP contribution in [-0.4, -0.2) is 25.7 Å². The molecule has 0 unspecified atom stereocenters. The average Bonchev–Trinajstić information content (AvgIpc) is 2.41. The van der Waals surface area contributed by atoms with Crippen molar-refractivity contribution in [3.05, 3.63) is 24.0 Å². The molecule has 4 heteroatoms. The molecule has 0 amide bonds. The Balaban J connectivity index is 2.07. The Morgan fingerprint density at radius 2 is 2.05 bits per heavy atom. The van der Waals surface area contributed by atoms with Crippen molar-refractivity contribution in [1.82, 2.24) is 0 Å². The molecule has 1 aromatic rings. The number of ether oxygens (including phenoxy) is 1. The predicted molar refractivity (Wildman–Crippen MR) is 80.8 cm³/mol. The summed E-state index contributed by atoms with van der Waals surface area (Å²) in [4.78, 5) is 2.18. The maximum atomic E-state index is 13.5. The van der Waals surface area contributed by atoms with E-state index in [1.807, 2.05) is 0 Å². The first-order valence-electron chi connectivity index (χ1n) is 7.49. The summed E-state index contributed by atoms with van der Waals surface area (Å²) in [5.74, 6) is 1.17. The second-order valence-electron chi connectivity index (χ2n) is 5.97. The minimum Gasteiger partial charge on any atom is -0.491 e. The fraction of sp³-hybridized carbons (Fsp3) is 0.625. The number of hydrogen-bond donors (Lipinski definition) is 1. The zero-order chi connectivity index (χ0) is 14.5. The van der Waals surface area contributed by atoms with E-state index in [-0.39, 0.29) is 11.9 Å². The van der Waals surface area contributed by atoms with Crippen LogP contribution >= 0.6 is 0 Å². The fourth-order valence-electron chi connectivity index (χ4n) is 2.40. The van der Waals surface area contributed by atoms with E-state index in [4.69, 9.17) is 10.5 Å². The number of nitrogens with two attached hydrogens (primary N) is 1. The van der Waals surface area contributed by atoms with Crippen LogP contribution in [0.15, 0.2) is 18.2 Å². The van der Waals surface area contributed by atoms with Crippen LogP contribution < -0.4 is 15.4 Å². The first-order chi connectivity index (χ1) is 9.56. The maximum absolute atomic E-state index is 13.5. The maximum Gasteiger partial charge on any atom is 0.142 e. The topological polar surface area (TPSA) is 38.5 Å². The number of nitrogens with zero attached hydrogens (tertiary/aromatic N) is 1. The van der Waals surface area contributed by atoms with E-state index in [1.54, 1.807) is 12.1 Å². The van der Waals surface area contributed by atoms with Crippen LogP contribution in [0, 0.1) is 11.7 Å². The van der Waals surface area contributed by atoms with E-state index in [2.05, 4.69) is 18.7 Å². The highest BCUT2D eigenvalue weighted by atomic mass is 19.1. The lowest BCUT2D eigenvalue weighted by atomic mass is 10.1. The lowest BCUT2D eigenvalue weighted by Crippen LogP contribution is -2.39. The predicted octanol–water partition coefficient (Wildman–Crippen LogP) is 3.18. The zero-order valence-corrected chi connectivity index (χ0v) is 12.4. The van der Waals surface area contributed by atoms with Crippen LogP contribution in [0.25, 0.3) is 0 Å². The van der Waals surface area contributed by atoms with Gasteiger partial charge in [-0.3, -0.25) is 0 Å². The van der Waals surface area contributed by atoms with Crippen molar-refractivity contribution in [3.63, 3.8) is 0 Å². The van der Waals surface area contributed by atoms with Crippen LogP contribution in [0.4, 0.5) is 10.1 Å². The second kappa shape index (κ2) is 6.93. The number of rotatable bonds is 5. The first-order valence-corrected chi connectivity index (χ1v) is 7.49. The van der Waals surface area contributed by atoms with E-state index in [9.17, 15) is 4.39 Å². The molecule has 0 bridgehead atoms. The summed E-state index contributed by atoms with van der Waals surface area (Å²) in [5.41, 5.74) is 6.79. The zero-order valence-electron chi connectivity index (χ0n) is 12.4. The van der Waals surface area contributed by atoms with Crippen molar-refractivity contribution in [2.45, 2.75) is 39.2 Å². The molecule has 2 N–H and O–H groups in total. The monoisotopic (exact) mass is 280 g/mol. The highest BCUT2D eigenvalue weighted by Crippen LogP contribution is 2.31. The van der Waals surface area contributed by atoms with Crippen molar-refractivity contribution >= 4 is 5.69 Å². The molecule has 1 aliphatic heterocycles. The van der Waals surface area contributed by atoms with Gasteiger partial charge in [-0.2, -0.15) is 0 Å². The Bertz CT molecular complexity index is 428. The molecule has 1 fully saturated rings. The number of hydrogen-bond acceptors (Lipinski definition) is 3. The second-order valence-corrected chi connectivity index (χ2v) is 5.97. The van der Waals surface area contributed by atoms with Crippen LogP contribution in [0.2, 0.25) is 0 Å². The largest absolute Gasteiger partial charge is 0.491 e. The number of benzene rings is 1. The summed E-state index contributed by atoms with van der Waals surface area (Å²) in [6.07, 6.45) is 2.89. The molecule has 1 saturated heterocycles. The summed E-state index contributed by atoms with van der Waals surface area (Å²) in [5, 5.41) is 0. The standard InChI is InChI=1S/C16H25FN2O/c1-12(2)7-10-20-16-4-3-13(17)11-15(16)19-8-5-14(18)6-9-19/h3-4,11-12,14H,5-10,18H2,1-2H3. The van der Waals surface area contributed by atoms with E-state index < -0.39 is 0 Å². The molecule has 1 aliphatic rings. The molecule has 0 radical (unpaired) electrons. The Hall–Kier alpha value is -1.29. The fourth-order valence-corrected chi connectivity index (χ4v) is 2.40. The molecule has 0 atom stereocenters. The highest BCUT2D eigenvalue weighted by Gasteiger charge is 2.19. The summed E-state index contributed by atoms with van der Waals surface area (Å²) < 4.78 is 19.4. The third kappa shape index (κ3) is 4.10. The van der Waals surface area contributed by atoms with E-state index >= 15 is 0 Å². The van der Waals surface area contributed by atoms with Crippen LogP contribution in [-0.2, 0) is 0 Å². The third-order valence-corrected chi connectivity index (χ3v) is 3.75. The van der Waals surface area contributed by atoms with Gasteiger partial charge in [-0.1, -0.05) is 13.8 Å². The minimum atomic E-state index is -0.217. The van der Waals surface area contributed by atoms with Gasteiger partial charge in [-0.25, -0.2) is 4.39 Å². The number of halogens is 1. The lowest BCUT2D eigenvalue weighted by Gasteiger charge is -2.33. The van der Waals surface area contributed by atoms with Crippen LogP contribution in [0.3, 0.4) is 0 Å². The molecule has 0 saturated carbocycles. The van der Waals surface area contributed by atoms with Crippen molar-refractivity contribution in [2.24, 2.45) is 11.7 Å². The van der Waals surface area contributed by atoms with Crippen molar-refractivity contribution in [2.75, 3.05) is 24.6 Å². The molecular formula is C16H25FN2O. The highest BCUT2D eigenvalue weighted by molar-refractivity contribution is 5.59. The molecule has 0 spiro atoms. The van der Waals surface area contributed by atoms with Gasteiger partial charge >= 0.3 is 0 Å². The average molecular weight is 280 g/mol. The molecule has 3 nitrogen and oxygen atoms in total. The Labute approximate surface area is 120 Å². The minimum absolute atomic E-state index is 0.217. The van der Waals surface area contributed by atoms with Crippen molar-refractivity contribution < 1.29 is 9.13 Å². The summed E-state index contributed by atoms with van der Waals surface area (Å²) >= 11 is 0. The lowest BCUT2D eigenvalue weighted by molar-refractivity contribution is 0.289. The molecule has 2 rings (SSSR count). The Morgan fingerprint density at radius 3 is 2.70 bits per heavy atom. The molecule has 1 heterocycles. The van der Waals surface area contributed by atoms with Crippen LogP contribution in [0.5, 0.6) is 5.75 Å². The van der Waals surface area contributed by atoms with E-state index in [0.717, 1.165) is 43.8 Å². The van der Waals surface area contributed by atoms with Gasteiger partial charge < -0.3 is 15.4 Å². The first kappa shape index (κ1) is 15.1. The molecule has 0 aliphatic carbocycles. The van der Waals surface area contributed by atoms with Crippen LogP contribution in [0.1, 0.15) is 33.1 Å². The summed E-state index contributed by atoms with van der Waals surface area (Å²) in [7, 11) is 0. The van der Waals surface area contributed by atoms with Gasteiger partial charge in [0.25, 0.3) is 0 Å². The van der Waals surface area contributed by atoms with Gasteiger partial charge in [-0.05, 0) is 37.3 Å². The Kier molecular flexibility index (Phi) is 5.24. The van der Waals surface area contributed by atoms with Gasteiger partial charge in [0.05, 0.1) is 12.3 Å². The quantitative estimate of drug-likeness (QED) is 0.900. The van der Waals surface area contributed by atoms with Crippen molar-refractivity contribution in [3.8, 4) is 5.75 Å². The summed E-state index contributed by atoms with van der Waals surface area (Å²) in [6, 6.07) is 5.04. The molecular weight excluding hydrogens is 255 g/mol. The van der Waals surface area contributed by atoms with Gasteiger partial charge in [0, 0.05) is 25.2 Å².